The van der Waals surface area contributed by atoms with Gasteiger partial charge in [0.2, 0.25) is 11.8 Å². The van der Waals surface area contributed by atoms with Crippen LogP contribution in [-0.4, -0.2) is 48.2 Å². The topological polar surface area (TPSA) is 86.8 Å². The molecule has 0 spiro atoms. The van der Waals surface area contributed by atoms with Crippen LogP contribution in [-0.2, 0) is 16.0 Å². The number of nitrogens with zero attached hydrogens (tertiary/aromatic N) is 2. The van der Waals surface area contributed by atoms with Gasteiger partial charge in [-0.2, -0.15) is 0 Å². The Bertz CT molecular complexity index is 1100. The number of carbonyl (C=O) groups excluding carboxylic acids is 4. The fourth-order valence-corrected chi connectivity index (χ4v) is 4.05. The SMILES string of the molecule is Cc1ccc(CCN(C)c2c(F)ccc3c2C(=O)N(C2CCC(=O)NC2=O)C3=O)cc1. The van der Waals surface area contributed by atoms with Gasteiger partial charge in [-0.3, -0.25) is 29.4 Å². The van der Waals surface area contributed by atoms with E-state index in [1.165, 1.54) is 6.07 Å². The minimum Gasteiger partial charge on any atom is -0.371 e. The second-order valence-electron chi connectivity index (χ2n) is 7.92. The molecule has 4 rings (SSSR count). The summed E-state index contributed by atoms with van der Waals surface area (Å²) in [7, 11) is 1.67. The van der Waals surface area contributed by atoms with Gasteiger partial charge in [0.25, 0.3) is 11.8 Å². The van der Waals surface area contributed by atoms with E-state index in [9.17, 15) is 23.6 Å². The Labute approximate surface area is 178 Å². The lowest BCUT2D eigenvalue weighted by Crippen LogP contribution is -2.54. The molecule has 0 bridgehead atoms. The Balaban J connectivity index is 1.62. The maximum atomic E-state index is 14.8. The molecule has 7 nitrogen and oxygen atoms in total. The molecule has 2 aromatic carbocycles. The third kappa shape index (κ3) is 3.69. The van der Waals surface area contributed by atoms with Gasteiger partial charge in [-0.15, -0.1) is 0 Å². The summed E-state index contributed by atoms with van der Waals surface area (Å²) < 4.78 is 14.8. The predicted octanol–water partition coefficient (Wildman–Crippen LogP) is 2.21. The van der Waals surface area contributed by atoms with Crippen LogP contribution in [0.25, 0.3) is 0 Å². The fraction of sp³-hybridized carbons (Fsp3) is 0.304. The predicted molar refractivity (Wildman–Crippen MR) is 111 cm³/mol. The van der Waals surface area contributed by atoms with Crippen molar-refractivity contribution in [2.45, 2.75) is 32.2 Å². The normalized spacial score (nSPS) is 18.3. The van der Waals surface area contributed by atoms with Gasteiger partial charge in [-0.05, 0) is 37.5 Å². The first-order chi connectivity index (χ1) is 14.8. The largest absolute Gasteiger partial charge is 0.371 e. The maximum Gasteiger partial charge on any atom is 0.264 e. The first kappa shape index (κ1) is 20.7. The van der Waals surface area contributed by atoms with Crippen molar-refractivity contribution in [2.24, 2.45) is 0 Å². The van der Waals surface area contributed by atoms with Crippen LogP contribution in [0, 0.1) is 12.7 Å². The number of hydrogen-bond donors (Lipinski definition) is 1. The average molecular weight is 423 g/mol. The van der Waals surface area contributed by atoms with E-state index in [0.717, 1.165) is 22.1 Å². The number of rotatable bonds is 5. The summed E-state index contributed by atoms with van der Waals surface area (Å²) in [5.74, 6) is -3.12. The number of piperidine rings is 1. The summed E-state index contributed by atoms with van der Waals surface area (Å²) in [5, 5.41) is 2.16. The molecule has 1 atom stereocenters. The molecule has 31 heavy (non-hydrogen) atoms. The van der Waals surface area contributed by atoms with Crippen molar-refractivity contribution >= 4 is 29.3 Å². The Morgan fingerprint density at radius 2 is 1.77 bits per heavy atom. The van der Waals surface area contributed by atoms with E-state index in [2.05, 4.69) is 5.32 Å². The molecule has 0 saturated carbocycles. The van der Waals surface area contributed by atoms with E-state index in [0.29, 0.717) is 13.0 Å². The second kappa shape index (κ2) is 7.94. The van der Waals surface area contributed by atoms with E-state index in [4.69, 9.17) is 0 Å². The van der Waals surface area contributed by atoms with Crippen LogP contribution < -0.4 is 10.2 Å². The van der Waals surface area contributed by atoms with Crippen LogP contribution in [0.1, 0.15) is 44.7 Å². The fourth-order valence-electron chi connectivity index (χ4n) is 4.05. The van der Waals surface area contributed by atoms with Crippen LogP contribution in [0.15, 0.2) is 36.4 Å². The Hall–Kier alpha value is -3.55. The molecular weight excluding hydrogens is 401 g/mol. The number of carbonyl (C=O) groups is 4. The van der Waals surface area contributed by atoms with E-state index in [1.807, 2.05) is 31.2 Å². The highest BCUT2D eigenvalue weighted by Gasteiger charge is 2.46. The van der Waals surface area contributed by atoms with Gasteiger partial charge in [-0.25, -0.2) is 4.39 Å². The number of amides is 4. The monoisotopic (exact) mass is 423 g/mol. The van der Waals surface area contributed by atoms with E-state index >= 15 is 0 Å². The second-order valence-corrected chi connectivity index (χ2v) is 7.92. The Morgan fingerprint density at radius 3 is 2.45 bits per heavy atom. The number of imide groups is 2. The van der Waals surface area contributed by atoms with Crippen molar-refractivity contribution < 1.29 is 23.6 Å². The zero-order valence-corrected chi connectivity index (χ0v) is 17.3. The minimum atomic E-state index is -1.08. The van der Waals surface area contributed by atoms with E-state index in [1.54, 1.807) is 11.9 Å². The first-order valence-corrected chi connectivity index (χ1v) is 10.1. The smallest absolute Gasteiger partial charge is 0.264 e. The summed E-state index contributed by atoms with van der Waals surface area (Å²) in [6.45, 7) is 2.42. The first-order valence-electron chi connectivity index (χ1n) is 10.1. The third-order valence-electron chi connectivity index (χ3n) is 5.77. The molecule has 2 aromatic rings. The number of anilines is 1. The zero-order chi connectivity index (χ0) is 22.3. The highest BCUT2D eigenvalue weighted by molar-refractivity contribution is 6.25. The molecule has 1 unspecified atom stereocenters. The van der Waals surface area contributed by atoms with E-state index in [-0.39, 0.29) is 29.7 Å². The molecule has 1 fully saturated rings. The van der Waals surface area contributed by atoms with Crippen molar-refractivity contribution in [1.82, 2.24) is 10.2 Å². The molecule has 2 heterocycles. The van der Waals surface area contributed by atoms with Gasteiger partial charge in [0, 0.05) is 20.0 Å². The summed E-state index contributed by atoms with van der Waals surface area (Å²) in [5.41, 5.74) is 2.27. The number of benzene rings is 2. The molecule has 2 aliphatic rings. The Morgan fingerprint density at radius 1 is 1.06 bits per heavy atom. The number of nitrogens with one attached hydrogen (secondary N) is 1. The van der Waals surface area contributed by atoms with Gasteiger partial charge in [-0.1, -0.05) is 29.8 Å². The van der Waals surface area contributed by atoms with Gasteiger partial charge >= 0.3 is 0 Å². The number of hydrogen-bond acceptors (Lipinski definition) is 5. The summed E-state index contributed by atoms with van der Waals surface area (Å²) >= 11 is 0. The molecule has 160 valence electrons. The van der Waals surface area contributed by atoms with Crippen LogP contribution in [0.3, 0.4) is 0 Å². The number of likely N-dealkylation sites (N-methyl/N-ethyl adjacent to an activating group) is 1. The molecule has 1 saturated heterocycles. The van der Waals surface area contributed by atoms with E-state index < -0.39 is 35.5 Å². The summed E-state index contributed by atoms with van der Waals surface area (Å²) in [4.78, 5) is 52.2. The molecule has 1 N–H and O–H groups in total. The molecule has 0 radical (unpaired) electrons. The highest BCUT2D eigenvalue weighted by atomic mass is 19.1. The quantitative estimate of drug-likeness (QED) is 0.746. The summed E-state index contributed by atoms with van der Waals surface area (Å²) in [6, 6.07) is 9.33. The molecular formula is C23H22FN3O4. The maximum absolute atomic E-state index is 14.8. The van der Waals surface area contributed by atoms with Crippen LogP contribution in [0.5, 0.6) is 0 Å². The standard InChI is InChI=1S/C23H22FN3O4/c1-13-3-5-14(6-4-13)11-12-26(2)20-16(24)8-7-15-19(20)23(31)27(22(15)30)17-9-10-18(28)25-21(17)29/h3-8,17H,9-12H2,1-2H3,(H,25,28,29). The van der Waals surface area contributed by atoms with Gasteiger partial charge < -0.3 is 4.90 Å². The lowest BCUT2D eigenvalue weighted by molar-refractivity contribution is -0.136. The lowest BCUT2D eigenvalue weighted by Gasteiger charge is -2.28. The lowest BCUT2D eigenvalue weighted by atomic mass is 10.0. The van der Waals surface area contributed by atoms with Crippen molar-refractivity contribution in [1.29, 1.82) is 0 Å². The highest BCUT2D eigenvalue weighted by Crippen LogP contribution is 2.35. The van der Waals surface area contributed by atoms with Gasteiger partial charge in [0.05, 0.1) is 16.8 Å². The van der Waals surface area contributed by atoms with Crippen LogP contribution >= 0.6 is 0 Å². The molecule has 0 aromatic heterocycles. The Kier molecular flexibility index (Phi) is 5.31. The average Bonchev–Trinajstić information content (AvgIpc) is 2.98. The zero-order valence-electron chi connectivity index (χ0n) is 17.3. The van der Waals surface area contributed by atoms with Crippen molar-refractivity contribution in [2.75, 3.05) is 18.5 Å². The third-order valence-corrected chi connectivity index (χ3v) is 5.77. The van der Waals surface area contributed by atoms with Crippen LogP contribution in [0.4, 0.5) is 10.1 Å². The number of fused-ring (bicyclic) bond motifs is 1. The van der Waals surface area contributed by atoms with Crippen molar-refractivity contribution in [3.8, 4) is 0 Å². The minimum absolute atomic E-state index is 0.0292. The van der Waals surface area contributed by atoms with Gasteiger partial charge in [0.15, 0.2) is 0 Å². The van der Waals surface area contributed by atoms with Crippen molar-refractivity contribution in [3.63, 3.8) is 0 Å². The van der Waals surface area contributed by atoms with Crippen molar-refractivity contribution in [3.05, 3.63) is 64.5 Å². The van der Waals surface area contributed by atoms with Gasteiger partial charge in [0.1, 0.15) is 11.9 Å². The number of aryl methyl sites for hydroxylation is 1. The molecule has 4 amide bonds. The molecule has 2 aliphatic heterocycles. The summed E-state index contributed by atoms with van der Waals surface area (Å²) in [6.07, 6.45) is 0.706. The molecule has 8 heteroatoms. The molecule has 0 aliphatic carbocycles. The van der Waals surface area contributed by atoms with Crippen LogP contribution in [0.2, 0.25) is 0 Å². The number of halogens is 1.